The van der Waals surface area contributed by atoms with E-state index < -0.39 is 5.97 Å². The Labute approximate surface area is 161 Å². The monoisotopic (exact) mass is 398 g/mol. The first-order valence-corrected chi connectivity index (χ1v) is 9.70. The smallest absolute Gasteiger partial charge is 0.339 e. The van der Waals surface area contributed by atoms with Crippen LogP contribution in [0.5, 0.6) is 0 Å². The van der Waals surface area contributed by atoms with Gasteiger partial charge in [0.2, 0.25) is 0 Å². The van der Waals surface area contributed by atoms with Crippen molar-refractivity contribution in [2.45, 2.75) is 13.5 Å². The van der Waals surface area contributed by atoms with Crippen LogP contribution in [0.15, 0.2) is 36.0 Å². The molecule has 1 amide bonds. The first-order chi connectivity index (χ1) is 13.0. The topological polar surface area (TPSA) is 108 Å². The molecule has 3 N–H and O–H groups in total. The van der Waals surface area contributed by atoms with Gasteiger partial charge in [0.15, 0.2) is 5.65 Å². The Morgan fingerprint density at radius 1 is 1.33 bits per heavy atom. The van der Waals surface area contributed by atoms with Crippen LogP contribution in [0.25, 0.3) is 21.7 Å². The van der Waals surface area contributed by atoms with Crippen molar-refractivity contribution in [3.05, 3.63) is 56.9 Å². The molecule has 7 nitrogen and oxygen atoms in total. The van der Waals surface area contributed by atoms with Gasteiger partial charge in [0.1, 0.15) is 11.1 Å². The highest BCUT2D eigenvalue weighted by molar-refractivity contribution is 7.17. The van der Waals surface area contributed by atoms with Gasteiger partial charge < -0.3 is 15.4 Å². The number of carbonyl (C=O) groups excluding carboxylic acids is 1. The second kappa shape index (κ2) is 6.93. The standard InChI is InChI=1S/C18H14N4O3S2/c1-9-4-10(26-8-9)5-21-17(23)14-3-2-13(27-14)12-7-20-16-15(22-12)11(6-19-16)18(24)25/h2-4,6-8H,5H2,1H3,(H,19,20)(H,21,23)(H,24,25). The van der Waals surface area contributed by atoms with Crippen LogP contribution in [0, 0.1) is 6.92 Å². The second-order valence-electron chi connectivity index (χ2n) is 5.90. The number of nitrogens with zero attached hydrogens (tertiary/aromatic N) is 2. The molecule has 0 aliphatic carbocycles. The summed E-state index contributed by atoms with van der Waals surface area (Å²) in [5, 5.41) is 14.2. The largest absolute Gasteiger partial charge is 0.478 e. The van der Waals surface area contributed by atoms with Gasteiger partial charge in [-0.05, 0) is 36.1 Å². The van der Waals surface area contributed by atoms with E-state index in [0.29, 0.717) is 28.3 Å². The Hall–Kier alpha value is -3.04. The number of aromatic nitrogens is 3. The Morgan fingerprint density at radius 2 is 2.19 bits per heavy atom. The van der Waals surface area contributed by atoms with Gasteiger partial charge in [0, 0.05) is 11.1 Å². The zero-order valence-electron chi connectivity index (χ0n) is 14.1. The molecule has 9 heteroatoms. The highest BCUT2D eigenvalue weighted by Gasteiger charge is 2.16. The summed E-state index contributed by atoms with van der Waals surface area (Å²) in [6.07, 6.45) is 2.93. The fourth-order valence-electron chi connectivity index (χ4n) is 2.61. The number of H-pyrrole nitrogens is 1. The highest BCUT2D eigenvalue weighted by atomic mass is 32.1. The molecule has 0 fully saturated rings. The molecule has 0 aliphatic rings. The van der Waals surface area contributed by atoms with Crippen LogP contribution >= 0.6 is 22.7 Å². The third-order valence-electron chi connectivity index (χ3n) is 3.90. The van der Waals surface area contributed by atoms with Gasteiger partial charge in [-0.1, -0.05) is 0 Å². The van der Waals surface area contributed by atoms with Crippen LogP contribution in [0.3, 0.4) is 0 Å². The number of carbonyl (C=O) groups is 2. The predicted molar refractivity (Wildman–Crippen MR) is 104 cm³/mol. The lowest BCUT2D eigenvalue weighted by molar-refractivity contribution is 0.0698. The zero-order chi connectivity index (χ0) is 19.0. The van der Waals surface area contributed by atoms with Crippen LogP contribution in [-0.4, -0.2) is 31.9 Å². The zero-order valence-corrected chi connectivity index (χ0v) is 15.8. The average molecular weight is 398 g/mol. The summed E-state index contributed by atoms with van der Waals surface area (Å²) >= 11 is 2.90. The van der Waals surface area contributed by atoms with Crippen molar-refractivity contribution < 1.29 is 14.7 Å². The van der Waals surface area contributed by atoms with Crippen molar-refractivity contribution in [1.29, 1.82) is 0 Å². The van der Waals surface area contributed by atoms with Gasteiger partial charge in [-0.2, -0.15) is 0 Å². The Bertz CT molecular complexity index is 1160. The van der Waals surface area contributed by atoms with Crippen LogP contribution in [-0.2, 0) is 6.54 Å². The molecule has 0 radical (unpaired) electrons. The second-order valence-corrected chi connectivity index (χ2v) is 7.98. The molecular weight excluding hydrogens is 384 g/mol. The SMILES string of the molecule is Cc1csc(CNC(=O)c2ccc(-c3cnc4[nH]cc(C(=O)O)c4n3)s2)c1. The third-order valence-corrected chi connectivity index (χ3v) is 6.06. The first kappa shape index (κ1) is 17.4. The van der Waals surface area contributed by atoms with Crippen molar-refractivity contribution in [2.75, 3.05) is 0 Å². The van der Waals surface area contributed by atoms with Crippen molar-refractivity contribution in [2.24, 2.45) is 0 Å². The van der Waals surface area contributed by atoms with E-state index in [-0.39, 0.29) is 11.5 Å². The molecule has 0 aliphatic heterocycles. The number of aryl methyl sites for hydroxylation is 1. The molecule has 136 valence electrons. The molecule has 0 aromatic carbocycles. The summed E-state index contributed by atoms with van der Waals surface area (Å²) in [4.78, 5) is 37.5. The number of aromatic carboxylic acids is 1. The fourth-order valence-corrected chi connectivity index (χ4v) is 4.30. The minimum Gasteiger partial charge on any atom is -0.478 e. The van der Waals surface area contributed by atoms with Gasteiger partial charge in [0.05, 0.1) is 28.2 Å². The van der Waals surface area contributed by atoms with Crippen molar-refractivity contribution >= 4 is 45.7 Å². The summed E-state index contributed by atoms with van der Waals surface area (Å²) in [6.45, 7) is 2.51. The maximum absolute atomic E-state index is 12.4. The predicted octanol–water partition coefficient (Wildman–Crippen LogP) is 3.68. The van der Waals surface area contributed by atoms with E-state index in [1.54, 1.807) is 29.7 Å². The lowest BCUT2D eigenvalue weighted by Crippen LogP contribution is -2.21. The fraction of sp³-hybridized carbons (Fsp3) is 0.111. The van der Waals surface area contributed by atoms with Crippen LogP contribution in [0.1, 0.15) is 30.5 Å². The molecule has 4 rings (SSSR count). The molecule has 4 aromatic heterocycles. The molecule has 27 heavy (non-hydrogen) atoms. The number of amides is 1. The van der Waals surface area contributed by atoms with Gasteiger partial charge in [0.25, 0.3) is 5.91 Å². The minimum atomic E-state index is -1.07. The third kappa shape index (κ3) is 3.46. The van der Waals surface area contributed by atoms with Gasteiger partial charge >= 0.3 is 5.97 Å². The normalized spacial score (nSPS) is 11.0. The number of thiophene rings is 2. The number of aromatic amines is 1. The van der Waals surface area contributed by atoms with E-state index in [2.05, 4.69) is 20.3 Å². The van der Waals surface area contributed by atoms with E-state index >= 15 is 0 Å². The minimum absolute atomic E-state index is 0.0695. The van der Waals surface area contributed by atoms with Crippen LogP contribution in [0.4, 0.5) is 0 Å². The lowest BCUT2D eigenvalue weighted by Gasteiger charge is -2.01. The number of nitrogens with one attached hydrogen (secondary N) is 2. The molecule has 0 atom stereocenters. The maximum atomic E-state index is 12.4. The molecule has 0 bridgehead atoms. The Kier molecular flexibility index (Phi) is 4.46. The first-order valence-electron chi connectivity index (χ1n) is 8.01. The Balaban J connectivity index is 1.55. The number of carboxylic acids is 1. The van der Waals surface area contributed by atoms with Crippen molar-refractivity contribution in [3.63, 3.8) is 0 Å². The summed E-state index contributed by atoms with van der Waals surface area (Å²) in [5.74, 6) is -1.22. The molecule has 4 aromatic rings. The number of fused-ring (bicyclic) bond motifs is 1. The number of hydrogen-bond donors (Lipinski definition) is 3. The molecule has 0 saturated carbocycles. The maximum Gasteiger partial charge on any atom is 0.339 e. The number of rotatable bonds is 5. The van der Waals surface area contributed by atoms with Crippen molar-refractivity contribution in [3.8, 4) is 10.6 Å². The average Bonchev–Trinajstić information content (AvgIpc) is 3.38. The molecule has 0 saturated heterocycles. The van der Waals surface area contributed by atoms with Gasteiger partial charge in [-0.15, -0.1) is 22.7 Å². The van der Waals surface area contributed by atoms with Crippen LogP contribution in [0.2, 0.25) is 0 Å². The lowest BCUT2D eigenvalue weighted by atomic mass is 10.3. The van der Waals surface area contributed by atoms with Crippen molar-refractivity contribution in [1.82, 2.24) is 20.3 Å². The number of carboxylic acid groups (broad SMARTS) is 1. The summed E-state index contributed by atoms with van der Waals surface area (Å²) in [5.41, 5.74) is 2.49. The number of hydrogen-bond acceptors (Lipinski definition) is 6. The molecule has 4 heterocycles. The van der Waals surface area contributed by atoms with E-state index in [4.69, 9.17) is 0 Å². The molecular formula is C18H14N4O3S2. The summed E-state index contributed by atoms with van der Waals surface area (Å²) in [7, 11) is 0. The van der Waals surface area contributed by atoms with E-state index in [9.17, 15) is 14.7 Å². The highest BCUT2D eigenvalue weighted by Crippen LogP contribution is 2.28. The van der Waals surface area contributed by atoms with Crippen LogP contribution < -0.4 is 5.32 Å². The van der Waals surface area contributed by atoms with Gasteiger partial charge in [-0.3, -0.25) is 4.79 Å². The summed E-state index contributed by atoms with van der Waals surface area (Å²) in [6, 6.07) is 5.57. The Morgan fingerprint density at radius 3 is 2.93 bits per heavy atom. The van der Waals surface area contributed by atoms with E-state index in [0.717, 1.165) is 9.75 Å². The van der Waals surface area contributed by atoms with Gasteiger partial charge in [-0.25, -0.2) is 14.8 Å². The molecule has 0 spiro atoms. The van der Waals surface area contributed by atoms with E-state index in [1.165, 1.54) is 23.1 Å². The molecule has 0 unspecified atom stereocenters. The quantitative estimate of drug-likeness (QED) is 0.475. The summed E-state index contributed by atoms with van der Waals surface area (Å²) < 4.78 is 0. The van der Waals surface area contributed by atoms with E-state index in [1.807, 2.05) is 18.4 Å².